The van der Waals surface area contributed by atoms with E-state index in [1.54, 1.807) is 0 Å². The first-order valence-corrected chi connectivity index (χ1v) is 5.93. The van der Waals surface area contributed by atoms with E-state index >= 15 is 0 Å². The molecule has 0 aliphatic carbocycles. The summed E-state index contributed by atoms with van der Waals surface area (Å²) in [6.45, 7) is 6.36. The Kier molecular flexibility index (Phi) is 3.59. The monoisotopic (exact) mass is 264 g/mol. The molecule has 2 aromatic heterocycles. The van der Waals surface area contributed by atoms with Gasteiger partial charge in [0.1, 0.15) is 5.82 Å². The minimum atomic E-state index is -0.328. The molecule has 0 aromatic carbocycles. The molecule has 0 saturated heterocycles. The summed E-state index contributed by atoms with van der Waals surface area (Å²) in [6, 6.07) is 0. The van der Waals surface area contributed by atoms with Crippen LogP contribution in [0, 0.1) is 0 Å². The molecule has 0 saturated carbocycles. The van der Waals surface area contributed by atoms with Gasteiger partial charge in [-0.15, -0.1) is 5.10 Å². The van der Waals surface area contributed by atoms with E-state index in [0.717, 1.165) is 0 Å². The van der Waals surface area contributed by atoms with Crippen molar-refractivity contribution < 1.29 is 9.32 Å². The number of H-pyrrole nitrogens is 1. The summed E-state index contributed by atoms with van der Waals surface area (Å²) in [7, 11) is 0. The van der Waals surface area contributed by atoms with Gasteiger partial charge in [-0.2, -0.15) is 4.98 Å². The minimum absolute atomic E-state index is 0.135. The summed E-state index contributed by atoms with van der Waals surface area (Å²) in [6.07, 6.45) is 1.80. The highest BCUT2D eigenvalue weighted by atomic mass is 16.5. The van der Waals surface area contributed by atoms with Crippen LogP contribution in [0.5, 0.6) is 0 Å². The van der Waals surface area contributed by atoms with Gasteiger partial charge in [0, 0.05) is 18.4 Å². The lowest BCUT2D eigenvalue weighted by atomic mass is 9.96. The van der Waals surface area contributed by atoms with Crippen LogP contribution in [0.1, 0.15) is 43.1 Å². The van der Waals surface area contributed by atoms with Crippen LogP contribution in [-0.2, 0) is 11.8 Å². The average Bonchev–Trinajstić information content (AvgIpc) is 2.99. The third kappa shape index (κ3) is 3.36. The molecule has 0 aliphatic rings. The van der Waals surface area contributed by atoms with Crippen LogP contribution in [0.2, 0.25) is 0 Å². The first kappa shape index (κ1) is 13.2. The molecule has 19 heavy (non-hydrogen) atoms. The molecule has 0 unspecified atom stereocenters. The van der Waals surface area contributed by atoms with Crippen LogP contribution < -0.4 is 5.32 Å². The molecule has 0 radical (unpaired) electrons. The molecule has 0 fully saturated rings. The number of nitrogens with one attached hydrogen (secondary N) is 2. The number of amides is 1. The van der Waals surface area contributed by atoms with E-state index in [9.17, 15) is 4.79 Å². The summed E-state index contributed by atoms with van der Waals surface area (Å²) in [5.41, 5.74) is -0.171. The van der Waals surface area contributed by atoms with E-state index < -0.39 is 0 Å². The Balaban J connectivity index is 1.88. The van der Waals surface area contributed by atoms with Gasteiger partial charge in [-0.25, -0.2) is 4.98 Å². The third-order valence-electron chi connectivity index (χ3n) is 2.43. The molecular weight excluding hydrogens is 248 g/mol. The molecule has 0 bridgehead atoms. The summed E-state index contributed by atoms with van der Waals surface area (Å²) in [5.74, 6) is 0.960. The van der Waals surface area contributed by atoms with Crippen molar-refractivity contribution in [1.82, 2.24) is 30.6 Å². The maximum atomic E-state index is 11.8. The molecule has 0 atom stereocenters. The molecule has 2 heterocycles. The Bertz CT molecular complexity index is 540. The van der Waals surface area contributed by atoms with Crippen LogP contribution in [0.4, 0.5) is 0 Å². The van der Waals surface area contributed by atoms with Crippen molar-refractivity contribution in [3.8, 4) is 0 Å². The first-order chi connectivity index (χ1) is 8.97. The molecule has 0 aliphatic heterocycles. The van der Waals surface area contributed by atoms with E-state index in [2.05, 4.69) is 30.6 Å². The Morgan fingerprint density at radius 2 is 2.26 bits per heavy atom. The number of hydrogen-bond donors (Lipinski definition) is 2. The smallest absolute Gasteiger partial charge is 0.290 e. The van der Waals surface area contributed by atoms with Crippen molar-refractivity contribution >= 4 is 5.91 Å². The lowest BCUT2D eigenvalue weighted by Gasteiger charge is -2.12. The van der Waals surface area contributed by atoms with E-state index in [1.165, 1.54) is 6.33 Å². The second-order valence-corrected chi connectivity index (χ2v) is 5.10. The van der Waals surface area contributed by atoms with Gasteiger partial charge in [0.25, 0.3) is 5.91 Å². The van der Waals surface area contributed by atoms with Gasteiger partial charge in [0.05, 0.1) is 0 Å². The Labute approximate surface area is 110 Å². The van der Waals surface area contributed by atoms with Gasteiger partial charge < -0.3 is 9.84 Å². The number of aromatic nitrogens is 5. The zero-order chi connectivity index (χ0) is 13.9. The van der Waals surface area contributed by atoms with Crippen LogP contribution >= 0.6 is 0 Å². The van der Waals surface area contributed by atoms with Crippen LogP contribution in [0.15, 0.2) is 10.9 Å². The van der Waals surface area contributed by atoms with E-state index in [4.69, 9.17) is 4.52 Å². The fraction of sp³-hybridized carbons (Fsp3) is 0.545. The van der Waals surface area contributed by atoms with Crippen LogP contribution in [0.3, 0.4) is 0 Å². The maximum absolute atomic E-state index is 11.8. The van der Waals surface area contributed by atoms with E-state index in [-0.39, 0.29) is 17.1 Å². The predicted molar refractivity (Wildman–Crippen MR) is 65.4 cm³/mol. The van der Waals surface area contributed by atoms with Crippen molar-refractivity contribution in [2.75, 3.05) is 6.54 Å². The third-order valence-corrected chi connectivity index (χ3v) is 2.43. The number of nitrogens with zero attached hydrogens (tertiary/aromatic N) is 4. The topological polar surface area (TPSA) is 110 Å². The van der Waals surface area contributed by atoms with Crippen molar-refractivity contribution in [3.63, 3.8) is 0 Å². The second kappa shape index (κ2) is 5.17. The molecule has 8 heteroatoms. The first-order valence-electron chi connectivity index (χ1n) is 5.93. The number of aromatic amines is 1. The van der Waals surface area contributed by atoms with Crippen molar-refractivity contribution in [1.29, 1.82) is 0 Å². The molecule has 0 spiro atoms. The molecular formula is C11H16N6O2. The normalized spacial score (nSPS) is 11.5. The highest BCUT2D eigenvalue weighted by Crippen LogP contribution is 2.17. The molecule has 102 valence electrons. The quantitative estimate of drug-likeness (QED) is 0.830. The van der Waals surface area contributed by atoms with Gasteiger partial charge in [0.15, 0.2) is 6.33 Å². The second-order valence-electron chi connectivity index (χ2n) is 5.10. The Hall–Kier alpha value is -2.25. The van der Waals surface area contributed by atoms with Gasteiger partial charge in [-0.05, 0) is 0 Å². The van der Waals surface area contributed by atoms with Gasteiger partial charge >= 0.3 is 0 Å². The molecule has 2 aromatic rings. The fourth-order valence-corrected chi connectivity index (χ4v) is 1.37. The Morgan fingerprint density at radius 3 is 2.84 bits per heavy atom. The summed E-state index contributed by atoms with van der Waals surface area (Å²) in [5, 5.41) is 12.8. The maximum Gasteiger partial charge on any atom is 0.290 e. The molecule has 2 N–H and O–H groups in total. The summed E-state index contributed by atoms with van der Waals surface area (Å²) < 4.78 is 4.82. The fourth-order valence-electron chi connectivity index (χ4n) is 1.37. The number of carbonyl (C=O) groups is 1. The number of hydrogen-bond acceptors (Lipinski definition) is 6. The van der Waals surface area contributed by atoms with Crippen LogP contribution in [-0.4, -0.2) is 37.8 Å². The van der Waals surface area contributed by atoms with Crippen molar-refractivity contribution in [2.24, 2.45) is 0 Å². The highest BCUT2D eigenvalue weighted by molar-refractivity contribution is 5.90. The standard InChI is InChI=1S/C11H16N6O2/c1-11(2,3)10-15-8(16-17-10)9(18)12-5-4-7-13-6-14-19-7/h6H,4-5H2,1-3H3,(H,12,18)(H,15,16,17). The number of carbonyl (C=O) groups excluding carboxylic acids is 1. The van der Waals surface area contributed by atoms with Gasteiger partial charge in [0.2, 0.25) is 11.7 Å². The van der Waals surface area contributed by atoms with E-state index in [1.807, 2.05) is 20.8 Å². The Morgan fingerprint density at radius 1 is 1.47 bits per heavy atom. The zero-order valence-corrected chi connectivity index (χ0v) is 11.1. The predicted octanol–water partition coefficient (Wildman–Crippen LogP) is 0.458. The van der Waals surface area contributed by atoms with Gasteiger partial charge in [-0.3, -0.25) is 9.89 Å². The SMILES string of the molecule is CC(C)(C)c1nc(C(=O)NCCc2ncno2)n[nH]1. The van der Waals surface area contributed by atoms with E-state index in [0.29, 0.717) is 24.7 Å². The van der Waals surface area contributed by atoms with Crippen molar-refractivity contribution in [3.05, 3.63) is 23.9 Å². The van der Waals surface area contributed by atoms with Gasteiger partial charge in [-0.1, -0.05) is 25.9 Å². The zero-order valence-electron chi connectivity index (χ0n) is 11.1. The molecule has 1 amide bonds. The summed E-state index contributed by atoms with van der Waals surface area (Å²) in [4.78, 5) is 19.8. The summed E-state index contributed by atoms with van der Waals surface area (Å²) >= 11 is 0. The minimum Gasteiger partial charge on any atom is -0.349 e. The molecule has 2 rings (SSSR count). The highest BCUT2D eigenvalue weighted by Gasteiger charge is 2.21. The largest absolute Gasteiger partial charge is 0.349 e. The van der Waals surface area contributed by atoms with Crippen LogP contribution in [0.25, 0.3) is 0 Å². The lowest BCUT2D eigenvalue weighted by molar-refractivity contribution is 0.0943. The lowest BCUT2D eigenvalue weighted by Crippen LogP contribution is -2.27. The van der Waals surface area contributed by atoms with Crippen molar-refractivity contribution in [2.45, 2.75) is 32.6 Å². The molecule has 8 nitrogen and oxygen atoms in total. The number of rotatable bonds is 4. The average molecular weight is 264 g/mol.